The van der Waals surface area contributed by atoms with Crippen molar-refractivity contribution in [3.8, 4) is 5.75 Å². The lowest BCUT2D eigenvalue weighted by Gasteiger charge is -2.22. The van der Waals surface area contributed by atoms with Crippen molar-refractivity contribution >= 4 is 28.0 Å². The van der Waals surface area contributed by atoms with Crippen LogP contribution in [-0.4, -0.2) is 40.7 Å². The van der Waals surface area contributed by atoms with E-state index in [1.54, 1.807) is 45.0 Å². The van der Waals surface area contributed by atoms with Crippen LogP contribution < -0.4 is 10.1 Å². The van der Waals surface area contributed by atoms with Crippen LogP contribution in [0.2, 0.25) is 0 Å². The number of hydrogen-bond donors (Lipinski definition) is 2. The molecule has 0 radical (unpaired) electrons. The third-order valence-corrected chi connectivity index (χ3v) is 3.71. The molecule has 0 saturated carbocycles. The van der Waals surface area contributed by atoms with Crippen molar-refractivity contribution in [2.75, 3.05) is 11.9 Å². The standard InChI is InChI=1S/C18H26BrNO5/c1-18(2,3)25-17(23)20-15(16(21)22)12-13-6-8-14(9-7-13)24-11-5-4-10-19/h6-9,15H,4-5,10-12H2,1-3H3,(H,20,23)(H,21,22)/t15-/m0/s1. The molecular formula is C18H26BrNO5. The first-order valence-electron chi connectivity index (χ1n) is 8.21. The minimum absolute atomic E-state index is 0.165. The van der Waals surface area contributed by atoms with Gasteiger partial charge >= 0.3 is 12.1 Å². The number of hydrogen-bond acceptors (Lipinski definition) is 4. The minimum atomic E-state index is -1.11. The lowest BCUT2D eigenvalue weighted by Crippen LogP contribution is -2.44. The summed E-state index contributed by atoms with van der Waals surface area (Å²) in [6.45, 7) is 5.81. The van der Waals surface area contributed by atoms with Crippen LogP contribution in [0, 0.1) is 0 Å². The van der Waals surface area contributed by atoms with Crippen LogP contribution in [0.1, 0.15) is 39.2 Å². The molecule has 0 aliphatic heterocycles. The summed E-state index contributed by atoms with van der Waals surface area (Å²) < 4.78 is 10.7. The van der Waals surface area contributed by atoms with E-state index in [-0.39, 0.29) is 6.42 Å². The van der Waals surface area contributed by atoms with Crippen LogP contribution in [0.25, 0.3) is 0 Å². The van der Waals surface area contributed by atoms with Gasteiger partial charge in [0.1, 0.15) is 17.4 Å². The summed E-state index contributed by atoms with van der Waals surface area (Å²) in [5.74, 6) is -0.369. The second-order valence-corrected chi connectivity index (χ2v) is 7.42. The normalized spacial score (nSPS) is 12.3. The van der Waals surface area contributed by atoms with E-state index in [4.69, 9.17) is 9.47 Å². The summed E-state index contributed by atoms with van der Waals surface area (Å²) >= 11 is 3.37. The highest BCUT2D eigenvalue weighted by Crippen LogP contribution is 2.15. The molecule has 0 bridgehead atoms. The number of carboxylic acid groups (broad SMARTS) is 1. The van der Waals surface area contributed by atoms with E-state index in [1.807, 2.05) is 0 Å². The minimum Gasteiger partial charge on any atom is -0.494 e. The van der Waals surface area contributed by atoms with Gasteiger partial charge in [-0.15, -0.1) is 0 Å². The first kappa shape index (κ1) is 21.3. The molecule has 1 atom stereocenters. The molecule has 2 N–H and O–H groups in total. The van der Waals surface area contributed by atoms with Gasteiger partial charge in [0.05, 0.1) is 6.61 Å². The van der Waals surface area contributed by atoms with Crippen LogP contribution in [0.5, 0.6) is 5.75 Å². The van der Waals surface area contributed by atoms with E-state index in [2.05, 4.69) is 21.2 Å². The lowest BCUT2D eigenvalue weighted by atomic mass is 10.1. The van der Waals surface area contributed by atoms with E-state index in [1.165, 1.54) is 0 Å². The van der Waals surface area contributed by atoms with Gasteiger partial charge < -0.3 is 19.9 Å². The van der Waals surface area contributed by atoms with Gasteiger partial charge in [-0.05, 0) is 51.3 Å². The van der Waals surface area contributed by atoms with Crippen molar-refractivity contribution in [1.29, 1.82) is 0 Å². The Bertz CT molecular complexity index is 554. The number of carbonyl (C=O) groups excluding carboxylic acids is 1. The zero-order valence-electron chi connectivity index (χ0n) is 14.9. The Morgan fingerprint density at radius 1 is 1.20 bits per heavy atom. The van der Waals surface area contributed by atoms with Gasteiger partial charge in [0, 0.05) is 11.8 Å². The average Bonchev–Trinajstić information content (AvgIpc) is 2.50. The molecule has 1 aromatic carbocycles. The van der Waals surface area contributed by atoms with Gasteiger partial charge in [0.25, 0.3) is 0 Å². The van der Waals surface area contributed by atoms with Crippen molar-refractivity contribution in [3.05, 3.63) is 29.8 Å². The lowest BCUT2D eigenvalue weighted by molar-refractivity contribution is -0.139. The maximum absolute atomic E-state index is 11.8. The van der Waals surface area contributed by atoms with Gasteiger partial charge in [-0.1, -0.05) is 28.1 Å². The number of rotatable bonds is 9. The molecule has 0 spiro atoms. The molecule has 0 heterocycles. The molecule has 0 fully saturated rings. The number of nitrogens with one attached hydrogen (secondary N) is 1. The van der Waals surface area contributed by atoms with Crippen molar-refractivity contribution in [3.63, 3.8) is 0 Å². The number of ether oxygens (including phenoxy) is 2. The van der Waals surface area contributed by atoms with Crippen molar-refractivity contribution in [2.24, 2.45) is 0 Å². The Labute approximate surface area is 157 Å². The highest BCUT2D eigenvalue weighted by molar-refractivity contribution is 9.09. The molecule has 140 valence electrons. The van der Waals surface area contributed by atoms with E-state index in [0.717, 1.165) is 29.5 Å². The highest BCUT2D eigenvalue weighted by Gasteiger charge is 2.24. The molecule has 1 rings (SSSR count). The third-order valence-electron chi connectivity index (χ3n) is 3.15. The van der Waals surface area contributed by atoms with E-state index >= 15 is 0 Å². The summed E-state index contributed by atoms with van der Waals surface area (Å²) in [7, 11) is 0. The molecule has 0 aliphatic rings. The van der Waals surface area contributed by atoms with Crippen LogP contribution in [0.4, 0.5) is 4.79 Å². The van der Waals surface area contributed by atoms with Crippen LogP contribution >= 0.6 is 15.9 Å². The Kier molecular flexibility index (Phi) is 8.75. The maximum atomic E-state index is 11.8. The average molecular weight is 416 g/mol. The predicted molar refractivity (Wildman–Crippen MR) is 99.5 cm³/mol. The Morgan fingerprint density at radius 2 is 1.84 bits per heavy atom. The molecule has 1 aromatic rings. The second-order valence-electron chi connectivity index (χ2n) is 6.63. The van der Waals surface area contributed by atoms with Gasteiger partial charge in [-0.3, -0.25) is 0 Å². The first-order chi connectivity index (χ1) is 11.7. The third kappa shape index (κ3) is 9.34. The summed E-state index contributed by atoms with van der Waals surface area (Å²) in [6.07, 6.45) is 1.44. The SMILES string of the molecule is CC(C)(C)OC(=O)N[C@@H](Cc1ccc(OCCCCBr)cc1)C(=O)O. The van der Waals surface area contributed by atoms with Crippen molar-refractivity contribution in [2.45, 2.75) is 51.7 Å². The smallest absolute Gasteiger partial charge is 0.408 e. The molecule has 6 nitrogen and oxygen atoms in total. The number of aliphatic carboxylic acids is 1. The molecule has 0 unspecified atom stereocenters. The predicted octanol–water partition coefficient (Wildman–Crippen LogP) is 3.76. The molecule has 1 amide bonds. The number of amides is 1. The summed E-state index contributed by atoms with van der Waals surface area (Å²) in [5.41, 5.74) is 0.109. The second kappa shape index (κ2) is 10.3. The number of alkyl halides is 1. The number of carboxylic acids is 1. The molecule has 25 heavy (non-hydrogen) atoms. The quantitative estimate of drug-likeness (QED) is 0.473. The van der Waals surface area contributed by atoms with Gasteiger partial charge in [0.15, 0.2) is 0 Å². The number of halogens is 1. The molecule has 7 heteroatoms. The zero-order valence-corrected chi connectivity index (χ0v) is 16.5. The van der Waals surface area contributed by atoms with Crippen LogP contribution in [0.15, 0.2) is 24.3 Å². The monoisotopic (exact) mass is 415 g/mol. The van der Waals surface area contributed by atoms with Crippen LogP contribution in [0.3, 0.4) is 0 Å². The van der Waals surface area contributed by atoms with Gasteiger partial charge in [-0.2, -0.15) is 0 Å². The molecular weight excluding hydrogens is 390 g/mol. The number of carbonyl (C=O) groups is 2. The fourth-order valence-electron chi connectivity index (χ4n) is 1.99. The molecule has 0 aliphatic carbocycles. The summed E-state index contributed by atoms with van der Waals surface area (Å²) in [4.78, 5) is 23.1. The summed E-state index contributed by atoms with van der Waals surface area (Å²) in [5, 5.41) is 12.6. The number of alkyl carbamates (subject to hydrolysis) is 1. The topological polar surface area (TPSA) is 84.9 Å². The van der Waals surface area contributed by atoms with E-state index in [0.29, 0.717) is 6.61 Å². The molecule has 0 aromatic heterocycles. The fraction of sp³-hybridized carbons (Fsp3) is 0.556. The van der Waals surface area contributed by atoms with E-state index in [9.17, 15) is 14.7 Å². The summed E-state index contributed by atoms with van der Waals surface area (Å²) in [6, 6.07) is 6.14. The largest absolute Gasteiger partial charge is 0.494 e. The van der Waals surface area contributed by atoms with E-state index < -0.39 is 23.7 Å². The number of benzene rings is 1. The van der Waals surface area contributed by atoms with Gasteiger partial charge in [-0.25, -0.2) is 9.59 Å². The maximum Gasteiger partial charge on any atom is 0.408 e. The molecule has 0 saturated heterocycles. The van der Waals surface area contributed by atoms with Crippen LogP contribution in [-0.2, 0) is 16.0 Å². The first-order valence-corrected chi connectivity index (χ1v) is 9.33. The van der Waals surface area contributed by atoms with Crippen molar-refractivity contribution < 1.29 is 24.2 Å². The Balaban J connectivity index is 2.57. The fourth-order valence-corrected chi connectivity index (χ4v) is 2.39. The zero-order chi connectivity index (χ0) is 18.9. The van der Waals surface area contributed by atoms with Gasteiger partial charge in [0.2, 0.25) is 0 Å². The number of unbranched alkanes of at least 4 members (excludes halogenated alkanes) is 1. The highest BCUT2D eigenvalue weighted by atomic mass is 79.9. The van der Waals surface area contributed by atoms with Crippen molar-refractivity contribution in [1.82, 2.24) is 5.32 Å². The Hall–Kier alpha value is -1.76. The Morgan fingerprint density at radius 3 is 2.36 bits per heavy atom.